The van der Waals surface area contributed by atoms with Crippen molar-refractivity contribution in [3.63, 3.8) is 0 Å². The maximum atomic E-state index is 10.9. The number of para-hydroxylation sites is 2. The first-order valence-electron chi connectivity index (χ1n) is 7.31. The second-order valence-electron chi connectivity index (χ2n) is 6.26. The zero-order valence-corrected chi connectivity index (χ0v) is 12.5. The molecule has 1 saturated heterocycles. The van der Waals surface area contributed by atoms with E-state index in [1.807, 2.05) is 25.2 Å². The summed E-state index contributed by atoms with van der Waals surface area (Å²) in [4.78, 5) is 6.99. The molecule has 0 radical (unpaired) electrons. The molecule has 2 atom stereocenters. The molecule has 1 N–H and O–H groups in total. The predicted octanol–water partition coefficient (Wildman–Crippen LogP) is 1.96. The number of aromatic nitrogens is 2. The van der Waals surface area contributed by atoms with Gasteiger partial charge in [0.1, 0.15) is 5.82 Å². The molecule has 2 aromatic rings. The summed E-state index contributed by atoms with van der Waals surface area (Å²) in [6.07, 6.45) is 2.26. The van der Waals surface area contributed by atoms with Crippen molar-refractivity contribution in [3.05, 3.63) is 30.1 Å². The second-order valence-corrected chi connectivity index (χ2v) is 6.26. The maximum absolute atomic E-state index is 10.9. The molecule has 4 heteroatoms. The summed E-state index contributed by atoms with van der Waals surface area (Å²) >= 11 is 0. The lowest BCUT2D eigenvalue weighted by Crippen LogP contribution is -2.49. The topological polar surface area (TPSA) is 41.3 Å². The van der Waals surface area contributed by atoms with Gasteiger partial charge in [0.05, 0.1) is 16.6 Å². The number of benzene rings is 1. The molecule has 0 spiro atoms. The van der Waals surface area contributed by atoms with Crippen LogP contribution in [-0.2, 0) is 13.5 Å². The summed E-state index contributed by atoms with van der Waals surface area (Å²) in [6, 6.07) is 8.56. The third-order valence-electron chi connectivity index (χ3n) is 4.72. The van der Waals surface area contributed by atoms with Crippen LogP contribution < -0.4 is 0 Å². The van der Waals surface area contributed by atoms with Gasteiger partial charge in [0, 0.05) is 26.1 Å². The van der Waals surface area contributed by atoms with Crippen molar-refractivity contribution in [2.45, 2.75) is 37.8 Å². The Morgan fingerprint density at radius 2 is 2.10 bits per heavy atom. The van der Waals surface area contributed by atoms with Crippen LogP contribution in [0, 0.1) is 0 Å². The van der Waals surface area contributed by atoms with Crippen LogP contribution in [0.15, 0.2) is 24.3 Å². The first-order chi connectivity index (χ1) is 9.48. The minimum Gasteiger partial charge on any atom is -0.389 e. The molecule has 1 aromatic heterocycles. The molecule has 2 heterocycles. The van der Waals surface area contributed by atoms with Crippen molar-refractivity contribution in [1.82, 2.24) is 14.5 Å². The van der Waals surface area contributed by atoms with E-state index >= 15 is 0 Å². The average Bonchev–Trinajstić information content (AvgIpc) is 2.72. The van der Waals surface area contributed by atoms with E-state index in [0.29, 0.717) is 12.5 Å². The molecule has 1 aromatic carbocycles. The van der Waals surface area contributed by atoms with Crippen LogP contribution in [0.3, 0.4) is 0 Å². The number of piperidine rings is 1. The quantitative estimate of drug-likeness (QED) is 0.909. The van der Waals surface area contributed by atoms with Crippen LogP contribution in [0.5, 0.6) is 0 Å². The smallest absolute Gasteiger partial charge is 0.112 e. The van der Waals surface area contributed by atoms with Gasteiger partial charge in [-0.25, -0.2) is 4.98 Å². The molecule has 2 unspecified atom stereocenters. The largest absolute Gasteiger partial charge is 0.389 e. The molecule has 1 aliphatic rings. The Labute approximate surface area is 120 Å². The molecule has 0 saturated carbocycles. The van der Waals surface area contributed by atoms with Gasteiger partial charge in [-0.2, -0.15) is 0 Å². The number of hydrogen-bond donors (Lipinski definition) is 1. The van der Waals surface area contributed by atoms with Crippen molar-refractivity contribution < 1.29 is 5.11 Å². The highest BCUT2D eigenvalue weighted by molar-refractivity contribution is 5.75. The number of aryl methyl sites for hydroxylation is 1. The molecule has 108 valence electrons. The highest BCUT2D eigenvalue weighted by Crippen LogP contribution is 2.29. The lowest BCUT2D eigenvalue weighted by atomic mass is 9.84. The van der Waals surface area contributed by atoms with E-state index in [0.717, 1.165) is 36.2 Å². The second kappa shape index (κ2) is 4.86. The summed E-state index contributed by atoms with van der Waals surface area (Å²) in [5.74, 6) is 0.977. The van der Waals surface area contributed by atoms with Gasteiger partial charge in [0.2, 0.25) is 0 Å². The molecule has 1 fully saturated rings. The average molecular weight is 273 g/mol. The van der Waals surface area contributed by atoms with Gasteiger partial charge >= 0.3 is 0 Å². The summed E-state index contributed by atoms with van der Waals surface area (Å²) < 4.78 is 2.11. The van der Waals surface area contributed by atoms with Gasteiger partial charge in [0.15, 0.2) is 0 Å². The monoisotopic (exact) mass is 273 g/mol. The third-order valence-corrected chi connectivity index (χ3v) is 4.72. The number of imidazole rings is 1. The highest BCUT2D eigenvalue weighted by Gasteiger charge is 2.36. The molecular formula is C16H23N3O. The van der Waals surface area contributed by atoms with E-state index in [1.54, 1.807) is 0 Å². The van der Waals surface area contributed by atoms with Crippen LogP contribution in [-0.4, -0.2) is 44.8 Å². The minimum absolute atomic E-state index is 0.420. The number of rotatable bonds is 2. The predicted molar refractivity (Wildman–Crippen MR) is 80.7 cm³/mol. The molecule has 4 nitrogen and oxygen atoms in total. The van der Waals surface area contributed by atoms with Crippen molar-refractivity contribution >= 4 is 11.0 Å². The van der Waals surface area contributed by atoms with E-state index in [1.165, 1.54) is 0 Å². The fourth-order valence-electron chi connectivity index (χ4n) is 3.22. The van der Waals surface area contributed by atoms with Gasteiger partial charge in [-0.3, -0.25) is 0 Å². The normalized spacial score (nSPS) is 28.1. The number of nitrogens with zero attached hydrogens (tertiary/aromatic N) is 3. The summed E-state index contributed by atoms with van der Waals surface area (Å²) in [5.41, 5.74) is 1.52. The Morgan fingerprint density at radius 3 is 2.80 bits per heavy atom. The van der Waals surface area contributed by atoms with Crippen molar-refractivity contribution in [3.8, 4) is 0 Å². The first-order valence-corrected chi connectivity index (χ1v) is 7.31. The van der Waals surface area contributed by atoms with Crippen molar-refractivity contribution in [2.75, 3.05) is 13.6 Å². The zero-order valence-electron chi connectivity index (χ0n) is 12.5. The molecular weight excluding hydrogens is 250 g/mol. The Hall–Kier alpha value is -1.39. The molecule has 3 rings (SSSR count). The minimum atomic E-state index is -0.624. The van der Waals surface area contributed by atoms with Crippen LogP contribution in [0.1, 0.15) is 25.6 Å². The van der Waals surface area contributed by atoms with Crippen molar-refractivity contribution in [2.24, 2.45) is 7.05 Å². The van der Waals surface area contributed by atoms with E-state index in [9.17, 15) is 5.11 Å². The Morgan fingerprint density at radius 1 is 1.35 bits per heavy atom. The highest BCUT2D eigenvalue weighted by atomic mass is 16.3. The number of aliphatic hydroxyl groups is 1. The standard InChI is InChI=1S/C16H23N3O/c1-12-10-16(20,8-9-18(12)2)11-15-17-13-6-4-5-7-14(13)19(15)3/h4-7,12,20H,8-11H2,1-3H3. The van der Waals surface area contributed by atoms with Gasteiger partial charge in [-0.1, -0.05) is 12.1 Å². The number of hydrogen-bond acceptors (Lipinski definition) is 3. The maximum Gasteiger partial charge on any atom is 0.112 e. The fourth-order valence-corrected chi connectivity index (χ4v) is 3.22. The van der Waals surface area contributed by atoms with E-state index in [2.05, 4.69) is 34.5 Å². The van der Waals surface area contributed by atoms with Crippen LogP contribution in [0.4, 0.5) is 0 Å². The molecule has 0 bridgehead atoms. The summed E-state index contributed by atoms with van der Waals surface area (Å²) in [5, 5.41) is 10.9. The molecule has 0 aliphatic carbocycles. The Kier molecular flexibility index (Phi) is 3.30. The zero-order chi connectivity index (χ0) is 14.3. The van der Waals surface area contributed by atoms with Gasteiger partial charge < -0.3 is 14.6 Å². The van der Waals surface area contributed by atoms with E-state index in [-0.39, 0.29) is 0 Å². The SMILES string of the molecule is CC1CC(O)(Cc2nc3ccccc3n2C)CCN1C. The lowest BCUT2D eigenvalue weighted by Gasteiger charge is -2.40. The third kappa shape index (κ3) is 2.34. The lowest BCUT2D eigenvalue weighted by molar-refractivity contribution is -0.0369. The fraction of sp³-hybridized carbons (Fsp3) is 0.562. The number of fused-ring (bicyclic) bond motifs is 1. The Bertz CT molecular complexity index is 621. The van der Waals surface area contributed by atoms with Crippen molar-refractivity contribution in [1.29, 1.82) is 0 Å². The summed E-state index contributed by atoms with van der Waals surface area (Å²) in [6.45, 7) is 3.13. The van der Waals surface area contributed by atoms with E-state index in [4.69, 9.17) is 0 Å². The molecule has 0 amide bonds. The van der Waals surface area contributed by atoms with Gasteiger partial charge in [-0.15, -0.1) is 0 Å². The molecule has 1 aliphatic heterocycles. The van der Waals surface area contributed by atoms with E-state index < -0.39 is 5.60 Å². The Balaban J connectivity index is 1.87. The first kappa shape index (κ1) is 13.6. The number of likely N-dealkylation sites (tertiary alicyclic amines) is 1. The molecule has 20 heavy (non-hydrogen) atoms. The van der Waals surface area contributed by atoms with Gasteiger partial charge in [0.25, 0.3) is 0 Å². The van der Waals surface area contributed by atoms with Crippen LogP contribution in [0.25, 0.3) is 11.0 Å². The van der Waals surface area contributed by atoms with Crippen LogP contribution in [0.2, 0.25) is 0 Å². The van der Waals surface area contributed by atoms with Gasteiger partial charge in [-0.05, 0) is 38.9 Å². The summed E-state index contributed by atoms with van der Waals surface area (Å²) in [7, 11) is 4.16. The van der Waals surface area contributed by atoms with Crippen LogP contribution >= 0.6 is 0 Å².